The lowest BCUT2D eigenvalue weighted by molar-refractivity contribution is 0.895. The molecule has 11 heavy (non-hydrogen) atoms. The topological polar surface area (TPSA) is 38.0 Å². The average Bonchev–Trinajstić information content (AvgIpc) is 2.13. The number of alkyl halides is 1. The summed E-state index contributed by atoms with van der Waals surface area (Å²) in [6.45, 7) is 0. The number of likely N-dealkylation sites (N-methyl/N-ethyl adjacent to an activating group) is 1. The zero-order valence-corrected chi connectivity index (χ0v) is 8.19. The molecule has 3 heteroatoms. The molecule has 0 spiro atoms. The SMILES string of the molecule is CNC1=CC(Br)CCC=C1N. The highest BCUT2D eigenvalue weighted by Crippen LogP contribution is 2.18. The van der Waals surface area contributed by atoms with Gasteiger partial charge in [0, 0.05) is 11.9 Å². The molecule has 0 saturated carbocycles. The Balaban J connectivity index is 2.79. The quantitative estimate of drug-likeness (QED) is 0.653. The van der Waals surface area contributed by atoms with E-state index in [4.69, 9.17) is 5.73 Å². The van der Waals surface area contributed by atoms with Crippen molar-refractivity contribution in [3.63, 3.8) is 0 Å². The summed E-state index contributed by atoms with van der Waals surface area (Å²) in [7, 11) is 1.89. The minimum atomic E-state index is 0.447. The van der Waals surface area contributed by atoms with Crippen LogP contribution in [-0.4, -0.2) is 11.9 Å². The molecule has 2 nitrogen and oxygen atoms in total. The molecule has 0 heterocycles. The molecule has 62 valence electrons. The van der Waals surface area contributed by atoms with Crippen molar-refractivity contribution in [2.24, 2.45) is 5.73 Å². The summed E-state index contributed by atoms with van der Waals surface area (Å²) in [6.07, 6.45) is 6.33. The molecule has 0 radical (unpaired) electrons. The molecule has 1 atom stereocenters. The van der Waals surface area contributed by atoms with Crippen molar-refractivity contribution in [1.82, 2.24) is 5.32 Å². The number of nitrogens with one attached hydrogen (secondary N) is 1. The summed E-state index contributed by atoms with van der Waals surface area (Å²) in [5.41, 5.74) is 7.65. The smallest absolute Gasteiger partial charge is 0.0538 e. The molecule has 0 fully saturated rings. The molecule has 0 aliphatic heterocycles. The fraction of sp³-hybridized carbons (Fsp3) is 0.500. The van der Waals surface area contributed by atoms with Crippen LogP contribution in [0.2, 0.25) is 0 Å². The van der Waals surface area contributed by atoms with Crippen LogP contribution in [0.4, 0.5) is 0 Å². The first kappa shape index (κ1) is 8.65. The Bertz CT molecular complexity index is 196. The third kappa shape index (κ3) is 2.26. The van der Waals surface area contributed by atoms with E-state index in [-0.39, 0.29) is 0 Å². The fourth-order valence-electron chi connectivity index (χ4n) is 1.10. The Morgan fingerprint density at radius 1 is 1.73 bits per heavy atom. The van der Waals surface area contributed by atoms with E-state index in [1.165, 1.54) is 0 Å². The highest BCUT2D eigenvalue weighted by Gasteiger charge is 2.07. The molecular formula is C8H13BrN2. The van der Waals surface area contributed by atoms with Crippen LogP contribution >= 0.6 is 15.9 Å². The van der Waals surface area contributed by atoms with Crippen molar-refractivity contribution >= 4 is 15.9 Å². The van der Waals surface area contributed by atoms with E-state index in [1.54, 1.807) is 0 Å². The van der Waals surface area contributed by atoms with Crippen LogP contribution in [0.25, 0.3) is 0 Å². The fourth-order valence-corrected chi connectivity index (χ4v) is 1.62. The number of halogens is 1. The Kier molecular flexibility index (Phi) is 3.00. The highest BCUT2D eigenvalue weighted by atomic mass is 79.9. The van der Waals surface area contributed by atoms with E-state index in [1.807, 2.05) is 7.05 Å². The Morgan fingerprint density at radius 2 is 2.45 bits per heavy atom. The molecule has 1 rings (SSSR count). The summed E-state index contributed by atoms with van der Waals surface area (Å²) in [5, 5.41) is 3.06. The third-order valence-corrected chi connectivity index (χ3v) is 2.46. The van der Waals surface area contributed by atoms with Crippen molar-refractivity contribution in [2.75, 3.05) is 7.05 Å². The lowest BCUT2D eigenvalue weighted by Crippen LogP contribution is -2.14. The van der Waals surface area contributed by atoms with Gasteiger partial charge in [0.25, 0.3) is 0 Å². The lowest BCUT2D eigenvalue weighted by atomic mass is 10.2. The Labute approximate surface area is 75.7 Å². The minimum Gasteiger partial charge on any atom is -0.397 e. The van der Waals surface area contributed by atoms with Gasteiger partial charge in [0.15, 0.2) is 0 Å². The van der Waals surface area contributed by atoms with Gasteiger partial charge in [-0.3, -0.25) is 0 Å². The summed E-state index contributed by atoms with van der Waals surface area (Å²) in [5.74, 6) is 0. The van der Waals surface area contributed by atoms with Crippen LogP contribution in [0, 0.1) is 0 Å². The van der Waals surface area contributed by atoms with Gasteiger partial charge in [-0.15, -0.1) is 0 Å². The van der Waals surface area contributed by atoms with Gasteiger partial charge in [-0.1, -0.05) is 22.0 Å². The molecule has 0 aromatic carbocycles. The third-order valence-electron chi connectivity index (χ3n) is 1.73. The second-order valence-electron chi connectivity index (χ2n) is 2.58. The molecule has 1 unspecified atom stereocenters. The van der Waals surface area contributed by atoms with Crippen LogP contribution in [0.15, 0.2) is 23.5 Å². The predicted molar refractivity (Wildman–Crippen MR) is 51.4 cm³/mol. The van der Waals surface area contributed by atoms with Gasteiger partial charge in [0.1, 0.15) is 0 Å². The molecule has 0 bridgehead atoms. The van der Waals surface area contributed by atoms with E-state index >= 15 is 0 Å². The average molecular weight is 217 g/mol. The zero-order chi connectivity index (χ0) is 8.27. The normalized spacial score (nSPS) is 25.1. The van der Waals surface area contributed by atoms with Gasteiger partial charge in [-0.2, -0.15) is 0 Å². The second-order valence-corrected chi connectivity index (χ2v) is 3.76. The number of rotatable bonds is 1. The first-order valence-electron chi connectivity index (χ1n) is 3.73. The molecule has 1 aliphatic carbocycles. The van der Waals surface area contributed by atoms with E-state index in [0.717, 1.165) is 24.2 Å². The maximum absolute atomic E-state index is 5.76. The highest BCUT2D eigenvalue weighted by molar-refractivity contribution is 9.09. The van der Waals surface area contributed by atoms with Gasteiger partial charge in [-0.05, 0) is 18.9 Å². The molecule has 3 N–H and O–H groups in total. The number of hydrogen-bond acceptors (Lipinski definition) is 2. The first-order chi connectivity index (χ1) is 5.24. The van der Waals surface area contributed by atoms with Crippen molar-refractivity contribution in [2.45, 2.75) is 17.7 Å². The Hall–Kier alpha value is -0.440. The second kappa shape index (κ2) is 3.81. The standard InChI is InChI=1S/C8H13BrN2/c1-11-8-5-6(9)3-2-4-7(8)10/h4-6,11H,2-3,10H2,1H3. The maximum atomic E-state index is 5.76. The van der Waals surface area contributed by atoms with E-state index < -0.39 is 0 Å². The van der Waals surface area contributed by atoms with Gasteiger partial charge >= 0.3 is 0 Å². The van der Waals surface area contributed by atoms with Gasteiger partial charge in [0.2, 0.25) is 0 Å². The maximum Gasteiger partial charge on any atom is 0.0538 e. The van der Waals surface area contributed by atoms with Gasteiger partial charge < -0.3 is 11.1 Å². The molecular weight excluding hydrogens is 204 g/mol. The van der Waals surface area contributed by atoms with E-state index in [9.17, 15) is 0 Å². The van der Waals surface area contributed by atoms with Crippen LogP contribution in [-0.2, 0) is 0 Å². The van der Waals surface area contributed by atoms with Gasteiger partial charge in [0.05, 0.1) is 11.4 Å². The number of allylic oxidation sites excluding steroid dienone is 2. The van der Waals surface area contributed by atoms with Gasteiger partial charge in [-0.25, -0.2) is 0 Å². The molecule has 1 aliphatic rings. The largest absolute Gasteiger partial charge is 0.397 e. The molecule has 0 saturated heterocycles. The van der Waals surface area contributed by atoms with E-state index in [0.29, 0.717) is 4.83 Å². The Morgan fingerprint density at radius 3 is 3.09 bits per heavy atom. The summed E-state index contributed by atoms with van der Waals surface area (Å²) >= 11 is 3.54. The monoisotopic (exact) mass is 216 g/mol. The summed E-state index contributed by atoms with van der Waals surface area (Å²) < 4.78 is 0. The summed E-state index contributed by atoms with van der Waals surface area (Å²) in [6, 6.07) is 0. The lowest BCUT2D eigenvalue weighted by Gasteiger charge is -2.05. The zero-order valence-electron chi connectivity index (χ0n) is 6.60. The van der Waals surface area contributed by atoms with Crippen molar-refractivity contribution in [3.05, 3.63) is 23.5 Å². The van der Waals surface area contributed by atoms with E-state index in [2.05, 4.69) is 33.4 Å². The van der Waals surface area contributed by atoms with Crippen LogP contribution in [0.5, 0.6) is 0 Å². The molecule has 0 aromatic rings. The molecule has 0 amide bonds. The number of hydrogen-bond donors (Lipinski definition) is 2. The number of nitrogens with two attached hydrogens (primary N) is 1. The molecule has 0 aromatic heterocycles. The van der Waals surface area contributed by atoms with Crippen molar-refractivity contribution < 1.29 is 0 Å². The predicted octanol–water partition coefficient (Wildman–Crippen LogP) is 1.49. The first-order valence-corrected chi connectivity index (χ1v) is 4.65. The van der Waals surface area contributed by atoms with Crippen molar-refractivity contribution in [1.29, 1.82) is 0 Å². The van der Waals surface area contributed by atoms with Crippen LogP contribution < -0.4 is 11.1 Å². The summed E-state index contributed by atoms with van der Waals surface area (Å²) in [4.78, 5) is 0.447. The van der Waals surface area contributed by atoms with Crippen LogP contribution in [0.1, 0.15) is 12.8 Å². The van der Waals surface area contributed by atoms with Crippen molar-refractivity contribution in [3.8, 4) is 0 Å². The minimum absolute atomic E-state index is 0.447. The van der Waals surface area contributed by atoms with Crippen LogP contribution in [0.3, 0.4) is 0 Å².